The molecule has 3 N–H and O–H groups in total. The first-order chi connectivity index (χ1) is 7.41. The van der Waals surface area contributed by atoms with Crippen molar-refractivity contribution in [2.24, 2.45) is 10.7 Å². The SMILES string of the molecule is NC(=NCC(O)C(F)(F)F)N1CCOCC1. The van der Waals surface area contributed by atoms with Gasteiger partial charge in [0, 0.05) is 13.1 Å². The van der Waals surface area contributed by atoms with Gasteiger partial charge in [0.2, 0.25) is 0 Å². The van der Waals surface area contributed by atoms with Gasteiger partial charge in [0.25, 0.3) is 0 Å². The van der Waals surface area contributed by atoms with Crippen LogP contribution in [0.3, 0.4) is 0 Å². The summed E-state index contributed by atoms with van der Waals surface area (Å²) < 4.78 is 40.9. The van der Waals surface area contributed by atoms with Gasteiger partial charge in [-0.05, 0) is 0 Å². The third-order valence-corrected chi connectivity index (χ3v) is 2.14. The molecule has 0 bridgehead atoms. The fourth-order valence-corrected chi connectivity index (χ4v) is 1.18. The zero-order valence-electron chi connectivity index (χ0n) is 8.57. The number of morpholine rings is 1. The molecule has 0 radical (unpaired) electrons. The topological polar surface area (TPSA) is 71.1 Å². The lowest BCUT2D eigenvalue weighted by atomic mass is 10.3. The molecule has 0 spiro atoms. The molecule has 1 heterocycles. The number of aliphatic hydroxyl groups excluding tert-OH is 1. The summed E-state index contributed by atoms with van der Waals surface area (Å²) in [5.74, 6) is 0.00611. The van der Waals surface area contributed by atoms with Gasteiger partial charge in [-0.15, -0.1) is 0 Å². The van der Waals surface area contributed by atoms with Crippen molar-refractivity contribution in [1.82, 2.24) is 4.90 Å². The summed E-state index contributed by atoms with van der Waals surface area (Å²) in [5, 5.41) is 8.70. The Labute approximate surface area is 90.7 Å². The molecule has 1 rings (SSSR count). The van der Waals surface area contributed by atoms with Crippen LogP contribution in [0.5, 0.6) is 0 Å². The molecule has 1 fully saturated rings. The third kappa shape index (κ3) is 3.86. The van der Waals surface area contributed by atoms with Crippen LogP contribution < -0.4 is 5.73 Å². The number of halogens is 3. The smallest absolute Gasteiger partial charge is 0.382 e. The summed E-state index contributed by atoms with van der Waals surface area (Å²) in [5.41, 5.74) is 5.48. The van der Waals surface area contributed by atoms with Gasteiger partial charge >= 0.3 is 6.18 Å². The summed E-state index contributed by atoms with van der Waals surface area (Å²) in [6.07, 6.45) is -7.12. The van der Waals surface area contributed by atoms with E-state index in [0.29, 0.717) is 26.3 Å². The monoisotopic (exact) mass is 241 g/mol. The molecule has 1 aliphatic heterocycles. The van der Waals surface area contributed by atoms with Crippen LogP contribution >= 0.6 is 0 Å². The molecule has 0 saturated carbocycles. The molecule has 1 unspecified atom stereocenters. The Morgan fingerprint density at radius 1 is 1.44 bits per heavy atom. The normalized spacial score (nSPS) is 21.0. The lowest BCUT2D eigenvalue weighted by molar-refractivity contribution is -0.199. The van der Waals surface area contributed by atoms with Crippen LogP contribution in [0.25, 0.3) is 0 Å². The van der Waals surface area contributed by atoms with E-state index in [1.165, 1.54) is 0 Å². The summed E-state index contributed by atoms with van der Waals surface area (Å²) >= 11 is 0. The highest BCUT2D eigenvalue weighted by Crippen LogP contribution is 2.19. The molecule has 0 aromatic rings. The van der Waals surface area contributed by atoms with Crippen molar-refractivity contribution in [3.05, 3.63) is 0 Å². The molecule has 1 aliphatic rings. The maximum atomic E-state index is 11.9. The van der Waals surface area contributed by atoms with Gasteiger partial charge in [-0.25, -0.2) is 0 Å². The number of hydrogen-bond acceptors (Lipinski definition) is 3. The van der Waals surface area contributed by atoms with Crippen LogP contribution in [-0.2, 0) is 4.74 Å². The number of alkyl halides is 3. The van der Waals surface area contributed by atoms with E-state index in [0.717, 1.165) is 0 Å². The van der Waals surface area contributed by atoms with Crippen molar-refractivity contribution in [2.75, 3.05) is 32.8 Å². The maximum absolute atomic E-state index is 11.9. The predicted octanol–water partition coefficient (Wildman–Crippen LogP) is -0.444. The predicted molar refractivity (Wildman–Crippen MR) is 50.9 cm³/mol. The number of ether oxygens (including phenoxy) is 1. The molecular formula is C8H14F3N3O2. The van der Waals surface area contributed by atoms with Crippen molar-refractivity contribution in [3.63, 3.8) is 0 Å². The number of hydrogen-bond donors (Lipinski definition) is 2. The van der Waals surface area contributed by atoms with E-state index in [1.807, 2.05) is 0 Å². The van der Waals surface area contributed by atoms with Crippen LogP contribution in [-0.4, -0.2) is 61.1 Å². The Balaban J connectivity index is 2.43. The Hall–Kier alpha value is -1.02. The fourth-order valence-electron chi connectivity index (χ4n) is 1.18. The summed E-state index contributed by atoms with van der Waals surface area (Å²) in [7, 11) is 0. The zero-order valence-corrected chi connectivity index (χ0v) is 8.57. The molecule has 0 aromatic heterocycles. The Kier molecular flexibility index (Phi) is 4.36. The summed E-state index contributed by atoms with van der Waals surface area (Å²) in [6, 6.07) is 0. The highest BCUT2D eigenvalue weighted by atomic mass is 19.4. The van der Waals surface area contributed by atoms with E-state index in [1.54, 1.807) is 4.90 Å². The third-order valence-electron chi connectivity index (χ3n) is 2.14. The minimum Gasteiger partial charge on any atom is -0.382 e. The van der Waals surface area contributed by atoms with E-state index in [9.17, 15) is 13.2 Å². The van der Waals surface area contributed by atoms with E-state index in [4.69, 9.17) is 15.6 Å². The molecule has 5 nitrogen and oxygen atoms in total. The average molecular weight is 241 g/mol. The highest BCUT2D eigenvalue weighted by molar-refractivity contribution is 5.78. The molecule has 16 heavy (non-hydrogen) atoms. The van der Waals surface area contributed by atoms with E-state index < -0.39 is 18.8 Å². The molecule has 1 saturated heterocycles. The number of aliphatic hydroxyl groups is 1. The molecule has 8 heteroatoms. The zero-order chi connectivity index (χ0) is 12.2. The lowest BCUT2D eigenvalue weighted by Gasteiger charge is -2.27. The Morgan fingerprint density at radius 2 is 2.00 bits per heavy atom. The first-order valence-electron chi connectivity index (χ1n) is 4.78. The van der Waals surface area contributed by atoms with Gasteiger partial charge in [0.05, 0.1) is 19.8 Å². The maximum Gasteiger partial charge on any atom is 0.416 e. The second-order valence-electron chi connectivity index (χ2n) is 3.36. The number of rotatable bonds is 2. The van der Waals surface area contributed by atoms with Crippen LogP contribution in [0.1, 0.15) is 0 Å². The minimum absolute atomic E-state index is 0.00611. The Morgan fingerprint density at radius 3 is 2.50 bits per heavy atom. The second-order valence-corrected chi connectivity index (χ2v) is 3.36. The minimum atomic E-state index is -4.66. The molecule has 1 atom stereocenters. The summed E-state index contributed by atoms with van der Waals surface area (Å²) in [4.78, 5) is 5.13. The largest absolute Gasteiger partial charge is 0.416 e. The van der Waals surface area contributed by atoms with Crippen molar-refractivity contribution >= 4 is 5.96 Å². The summed E-state index contributed by atoms with van der Waals surface area (Å²) in [6.45, 7) is 1.16. The van der Waals surface area contributed by atoms with Crippen LogP contribution in [0.4, 0.5) is 13.2 Å². The van der Waals surface area contributed by atoms with Crippen LogP contribution in [0, 0.1) is 0 Å². The van der Waals surface area contributed by atoms with Gasteiger partial charge in [-0.3, -0.25) is 4.99 Å². The van der Waals surface area contributed by atoms with Crippen molar-refractivity contribution in [1.29, 1.82) is 0 Å². The second kappa shape index (κ2) is 5.35. The molecule has 0 aliphatic carbocycles. The average Bonchev–Trinajstić information content (AvgIpc) is 2.25. The van der Waals surface area contributed by atoms with Gasteiger partial charge in [0.1, 0.15) is 0 Å². The van der Waals surface area contributed by atoms with E-state index in [2.05, 4.69) is 4.99 Å². The number of nitrogens with zero attached hydrogens (tertiary/aromatic N) is 2. The van der Waals surface area contributed by atoms with Crippen LogP contribution in [0.2, 0.25) is 0 Å². The van der Waals surface area contributed by atoms with Crippen molar-refractivity contribution < 1.29 is 23.0 Å². The molecule has 94 valence electrons. The van der Waals surface area contributed by atoms with Crippen LogP contribution in [0.15, 0.2) is 4.99 Å². The first kappa shape index (κ1) is 13.0. The quantitative estimate of drug-likeness (QED) is 0.507. The van der Waals surface area contributed by atoms with Gasteiger partial charge in [-0.1, -0.05) is 0 Å². The van der Waals surface area contributed by atoms with E-state index in [-0.39, 0.29) is 5.96 Å². The molecule has 0 aromatic carbocycles. The highest BCUT2D eigenvalue weighted by Gasteiger charge is 2.38. The Bertz CT molecular complexity index is 251. The standard InChI is InChI=1S/C8H14F3N3O2/c9-8(10,11)6(15)5-13-7(12)14-1-3-16-4-2-14/h6,15H,1-5H2,(H2,12,13). The number of nitrogens with two attached hydrogens (primary N) is 1. The van der Waals surface area contributed by atoms with Crippen molar-refractivity contribution in [2.45, 2.75) is 12.3 Å². The van der Waals surface area contributed by atoms with Gasteiger partial charge < -0.3 is 20.5 Å². The van der Waals surface area contributed by atoms with Crippen molar-refractivity contribution in [3.8, 4) is 0 Å². The van der Waals surface area contributed by atoms with Gasteiger partial charge in [0.15, 0.2) is 12.1 Å². The molecule has 0 amide bonds. The fraction of sp³-hybridized carbons (Fsp3) is 0.875. The van der Waals surface area contributed by atoms with Gasteiger partial charge in [-0.2, -0.15) is 13.2 Å². The number of guanidine groups is 1. The number of aliphatic imine (C=N–C) groups is 1. The first-order valence-corrected chi connectivity index (χ1v) is 4.78. The van der Waals surface area contributed by atoms with E-state index >= 15 is 0 Å². The molecular weight excluding hydrogens is 227 g/mol. The lowest BCUT2D eigenvalue weighted by Crippen LogP contribution is -2.45.